The minimum atomic E-state index is -0.0220. The Balaban J connectivity index is 1.59. The van der Waals surface area contributed by atoms with Gasteiger partial charge in [0.1, 0.15) is 5.75 Å². The molecule has 1 heterocycles. The molecular formula is C20H21ClN2O3. The Kier molecular flexibility index (Phi) is 5.78. The summed E-state index contributed by atoms with van der Waals surface area (Å²) in [4.78, 5) is 28.7. The van der Waals surface area contributed by atoms with Crippen molar-refractivity contribution in [1.29, 1.82) is 0 Å². The van der Waals surface area contributed by atoms with Crippen LogP contribution in [0.2, 0.25) is 0 Å². The van der Waals surface area contributed by atoms with Gasteiger partial charge in [0, 0.05) is 43.2 Å². The Morgan fingerprint density at radius 2 is 1.27 bits per heavy atom. The van der Waals surface area contributed by atoms with Crippen LogP contribution < -0.4 is 4.74 Å². The molecule has 2 amide bonds. The van der Waals surface area contributed by atoms with Gasteiger partial charge in [-0.05, 0) is 42.0 Å². The molecule has 0 saturated carbocycles. The lowest BCUT2D eigenvalue weighted by Gasteiger charge is -2.35. The topological polar surface area (TPSA) is 49.9 Å². The Morgan fingerprint density at radius 3 is 1.65 bits per heavy atom. The first-order valence-electron chi connectivity index (χ1n) is 8.50. The van der Waals surface area contributed by atoms with Crippen molar-refractivity contribution in [3.05, 3.63) is 65.2 Å². The molecule has 5 nitrogen and oxygen atoms in total. The molecule has 136 valence electrons. The first-order valence-corrected chi connectivity index (χ1v) is 9.03. The predicted molar refractivity (Wildman–Crippen MR) is 101 cm³/mol. The van der Waals surface area contributed by atoms with Crippen LogP contribution in [0.5, 0.6) is 5.75 Å². The molecule has 26 heavy (non-hydrogen) atoms. The van der Waals surface area contributed by atoms with E-state index in [4.69, 9.17) is 16.3 Å². The monoisotopic (exact) mass is 372 g/mol. The Morgan fingerprint density at radius 1 is 0.846 bits per heavy atom. The number of nitrogens with zero attached hydrogens (tertiary/aromatic N) is 2. The summed E-state index contributed by atoms with van der Waals surface area (Å²) in [5.74, 6) is 1.12. The summed E-state index contributed by atoms with van der Waals surface area (Å²) in [6.45, 7) is 2.10. The largest absolute Gasteiger partial charge is 0.497 e. The van der Waals surface area contributed by atoms with Gasteiger partial charge >= 0.3 is 0 Å². The van der Waals surface area contributed by atoms with E-state index < -0.39 is 0 Å². The van der Waals surface area contributed by atoms with Crippen LogP contribution in [0.1, 0.15) is 26.3 Å². The number of alkyl halides is 1. The van der Waals surface area contributed by atoms with Crippen molar-refractivity contribution >= 4 is 23.4 Å². The predicted octanol–water partition coefficient (Wildman–Crippen LogP) is 3.03. The third-order valence-electron chi connectivity index (χ3n) is 4.55. The van der Waals surface area contributed by atoms with E-state index in [1.807, 2.05) is 12.1 Å². The van der Waals surface area contributed by atoms with Gasteiger partial charge in [-0.1, -0.05) is 12.1 Å². The van der Waals surface area contributed by atoms with Crippen molar-refractivity contribution in [2.45, 2.75) is 5.88 Å². The van der Waals surface area contributed by atoms with E-state index in [-0.39, 0.29) is 11.8 Å². The standard InChI is InChI=1S/C20H21ClN2O3/c1-26-18-8-6-17(7-9-18)20(25)23-12-10-22(11-13-23)19(24)16-4-2-15(14-21)3-5-16/h2-9H,10-14H2,1H3. The highest BCUT2D eigenvalue weighted by Crippen LogP contribution is 2.16. The zero-order valence-corrected chi connectivity index (χ0v) is 15.4. The van der Waals surface area contributed by atoms with Gasteiger partial charge in [-0.25, -0.2) is 0 Å². The molecule has 2 aromatic rings. The number of carbonyl (C=O) groups excluding carboxylic acids is 2. The fourth-order valence-electron chi connectivity index (χ4n) is 2.95. The van der Waals surface area contributed by atoms with E-state index in [0.717, 1.165) is 11.3 Å². The number of carbonyl (C=O) groups is 2. The number of benzene rings is 2. The van der Waals surface area contributed by atoms with E-state index >= 15 is 0 Å². The number of hydrogen-bond acceptors (Lipinski definition) is 3. The van der Waals surface area contributed by atoms with Crippen molar-refractivity contribution in [3.63, 3.8) is 0 Å². The number of rotatable bonds is 4. The van der Waals surface area contributed by atoms with Crippen LogP contribution in [0.15, 0.2) is 48.5 Å². The molecule has 6 heteroatoms. The highest BCUT2D eigenvalue weighted by Gasteiger charge is 2.25. The van der Waals surface area contributed by atoms with Crippen LogP contribution in [0.4, 0.5) is 0 Å². The lowest BCUT2D eigenvalue weighted by Crippen LogP contribution is -2.50. The third-order valence-corrected chi connectivity index (χ3v) is 4.85. The van der Waals surface area contributed by atoms with Gasteiger partial charge in [-0.3, -0.25) is 9.59 Å². The quantitative estimate of drug-likeness (QED) is 0.775. The minimum absolute atomic E-state index is 0.0114. The average molecular weight is 373 g/mol. The van der Waals surface area contributed by atoms with Gasteiger partial charge in [0.25, 0.3) is 11.8 Å². The molecule has 0 aliphatic carbocycles. The molecule has 0 radical (unpaired) electrons. The summed E-state index contributed by atoms with van der Waals surface area (Å²) in [6.07, 6.45) is 0. The fraction of sp³-hybridized carbons (Fsp3) is 0.300. The molecule has 0 atom stereocenters. The van der Waals surface area contributed by atoms with Gasteiger partial charge < -0.3 is 14.5 Å². The second kappa shape index (κ2) is 8.23. The SMILES string of the molecule is COc1ccc(C(=O)N2CCN(C(=O)c3ccc(CCl)cc3)CC2)cc1. The summed E-state index contributed by atoms with van der Waals surface area (Å²) >= 11 is 5.78. The molecule has 0 spiro atoms. The molecule has 0 aromatic heterocycles. The second-order valence-electron chi connectivity index (χ2n) is 6.14. The van der Waals surface area contributed by atoms with E-state index in [9.17, 15) is 9.59 Å². The smallest absolute Gasteiger partial charge is 0.253 e. The van der Waals surface area contributed by atoms with E-state index in [0.29, 0.717) is 43.2 Å². The van der Waals surface area contributed by atoms with Gasteiger partial charge in [-0.2, -0.15) is 0 Å². The number of methoxy groups -OCH3 is 1. The molecule has 0 bridgehead atoms. The van der Waals surface area contributed by atoms with Gasteiger partial charge in [0.2, 0.25) is 0 Å². The summed E-state index contributed by atoms with van der Waals surface area (Å²) in [7, 11) is 1.59. The third kappa shape index (κ3) is 3.99. The van der Waals surface area contributed by atoms with Crippen molar-refractivity contribution in [2.75, 3.05) is 33.3 Å². The molecule has 3 rings (SSSR count). The van der Waals surface area contributed by atoms with Crippen LogP contribution in [-0.2, 0) is 5.88 Å². The number of amides is 2. The van der Waals surface area contributed by atoms with E-state index in [2.05, 4.69) is 0 Å². The molecule has 1 aliphatic heterocycles. The Bertz CT molecular complexity index is 699. The number of halogens is 1. The normalized spacial score (nSPS) is 14.2. The van der Waals surface area contributed by atoms with Crippen molar-refractivity contribution in [3.8, 4) is 5.75 Å². The maximum absolute atomic E-state index is 12.6. The lowest BCUT2D eigenvalue weighted by molar-refractivity contribution is 0.0535. The molecule has 0 N–H and O–H groups in total. The highest BCUT2D eigenvalue weighted by molar-refractivity contribution is 6.17. The van der Waals surface area contributed by atoms with Crippen molar-refractivity contribution in [1.82, 2.24) is 9.80 Å². The fourth-order valence-corrected chi connectivity index (χ4v) is 3.13. The van der Waals surface area contributed by atoms with Crippen molar-refractivity contribution < 1.29 is 14.3 Å². The first-order chi connectivity index (χ1) is 12.6. The molecule has 1 fully saturated rings. The Labute approximate surface area is 158 Å². The van der Waals surface area contributed by atoms with Gasteiger partial charge in [0.05, 0.1) is 7.11 Å². The van der Waals surface area contributed by atoms with Crippen LogP contribution in [-0.4, -0.2) is 54.9 Å². The molecule has 1 saturated heterocycles. The van der Waals surface area contributed by atoms with E-state index in [1.54, 1.807) is 53.3 Å². The molecular weight excluding hydrogens is 352 g/mol. The van der Waals surface area contributed by atoms with Gasteiger partial charge in [0.15, 0.2) is 0 Å². The minimum Gasteiger partial charge on any atom is -0.497 e. The first kappa shape index (κ1) is 18.3. The highest BCUT2D eigenvalue weighted by atomic mass is 35.5. The molecule has 2 aromatic carbocycles. The number of piperazine rings is 1. The average Bonchev–Trinajstić information content (AvgIpc) is 2.73. The maximum Gasteiger partial charge on any atom is 0.253 e. The molecule has 1 aliphatic rings. The van der Waals surface area contributed by atoms with Crippen LogP contribution >= 0.6 is 11.6 Å². The zero-order chi connectivity index (χ0) is 18.5. The van der Waals surface area contributed by atoms with Gasteiger partial charge in [-0.15, -0.1) is 11.6 Å². The van der Waals surface area contributed by atoms with Crippen LogP contribution in [0, 0.1) is 0 Å². The van der Waals surface area contributed by atoms with Crippen LogP contribution in [0.25, 0.3) is 0 Å². The summed E-state index contributed by atoms with van der Waals surface area (Å²) in [6, 6.07) is 14.4. The van der Waals surface area contributed by atoms with E-state index in [1.165, 1.54) is 0 Å². The molecule has 0 unspecified atom stereocenters. The zero-order valence-electron chi connectivity index (χ0n) is 14.7. The Hall–Kier alpha value is -2.53. The van der Waals surface area contributed by atoms with Crippen LogP contribution in [0.3, 0.4) is 0 Å². The maximum atomic E-state index is 12.6. The van der Waals surface area contributed by atoms with Crippen molar-refractivity contribution in [2.24, 2.45) is 0 Å². The number of ether oxygens (including phenoxy) is 1. The number of hydrogen-bond donors (Lipinski definition) is 0. The summed E-state index contributed by atoms with van der Waals surface area (Å²) < 4.78 is 5.11. The lowest BCUT2D eigenvalue weighted by atomic mass is 10.1. The second-order valence-corrected chi connectivity index (χ2v) is 6.41. The summed E-state index contributed by atoms with van der Waals surface area (Å²) in [5.41, 5.74) is 2.26. The summed E-state index contributed by atoms with van der Waals surface area (Å²) in [5, 5.41) is 0.